The molecule has 0 aliphatic rings. The first-order chi connectivity index (χ1) is 13.9. The van der Waals surface area contributed by atoms with Gasteiger partial charge in [-0.3, -0.25) is 9.52 Å². The first-order valence-electron chi connectivity index (χ1n) is 8.32. The number of benzene rings is 3. The summed E-state index contributed by atoms with van der Waals surface area (Å²) >= 11 is 12.0. The summed E-state index contributed by atoms with van der Waals surface area (Å²) in [6.45, 7) is 0. The molecular weight excluding hydrogens is 433 g/mol. The fourth-order valence-corrected chi connectivity index (χ4v) is 3.78. The molecule has 9 heteroatoms. The van der Waals surface area contributed by atoms with Gasteiger partial charge in [0.15, 0.2) is 0 Å². The van der Waals surface area contributed by atoms with Crippen LogP contribution >= 0.6 is 23.2 Å². The van der Waals surface area contributed by atoms with Crippen molar-refractivity contribution < 1.29 is 13.2 Å². The highest BCUT2D eigenvalue weighted by Crippen LogP contribution is 2.24. The van der Waals surface area contributed by atoms with Gasteiger partial charge >= 0.3 is 0 Å². The van der Waals surface area contributed by atoms with Crippen molar-refractivity contribution >= 4 is 51.0 Å². The zero-order valence-electron chi connectivity index (χ0n) is 14.8. The minimum Gasteiger partial charge on any atom is -0.280 e. The number of carbonyl (C=O) groups excluding carboxylic acids is 1. The number of hydrogen-bond donors (Lipinski definition) is 2. The van der Waals surface area contributed by atoms with Crippen molar-refractivity contribution in [3.05, 3.63) is 94.0 Å². The Hall–Kier alpha value is -2.87. The number of anilines is 1. The van der Waals surface area contributed by atoms with Crippen LogP contribution in [0, 0.1) is 0 Å². The smallest absolute Gasteiger partial charge is 0.271 e. The maximum Gasteiger partial charge on any atom is 0.271 e. The van der Waals surface area contributed by atoms with Crippen LogP contribution in [0.15, 0.2) is 82.8 Å². The van der Waals surface area contributed by atoms with Crippen LogP contribution < -0.4 is 10.1 Å². The Morgan fingerprint density at radius 1 is 0.897 bits per heavy atom. The van der Waals surface area contributed by atoms with Gasteiger partial charge in [-0.05, 0) is 42.5 Å². The molecule has 0 atom stereocenters. The molecule has 148 valence electrons. The van der Waals surface area contributed by atoms with Crippen LogP contribution in [0.2, 0.25) is 10.0 Å². The Morgan fingerprint density at radius 3 is 2.28 bits per heavy atom. The van der Waals surface area contributed by atoms with Gasteiger partial charge in [0.2, 0.25) is 0 Å². The molecule has 29 heavy (non-hydrogen) atoms. The fourth-order valence-electron chi connectivity index (χ4n) is 2.35. The van der Waals surface area contributed by atoms with E-state index in [4.69, 9.17) is 23.2 Å². The largest absolute Gasteiger partial charge is 0.280 e. The number of hydrogen-bond acceptors (Lipinski definition) is 4. The number of carbonyl (C=O) groups is 1. The zero-order valence-corrected chi connectivity index (χ0v) is 17.2. The SMILES string of the molecule is O=C(NN=Cc1cccc(Cl)c1Cl)c1ccc(NS(=O)(=O)c2ccccc2)cc1. The molecule has 0 aliphatic carbocycles. The maximum absolute atomic E-state index is 12.3. The van der Waals surface area contributed by atoms with E-state index in [-0.39, 0.29) is 4.90 Å². The molecule has 6 nitrogen and oxygen atoms in total. The molecule has 0 aromatic heterocycles. The second-order valence-electron chi connectivity index (χ2n) is 5.84. The van der Waals surface area contributed by atoms with Gasteiger partial charge < -0.3 is 0 Å². The lowest BCUT2D eigenvalue weighted by molar-refractivity contribution is 0.0955. The minimum absolute atomic E-state index is 0.149. The summed E-state index contributed by atoms with van der Waals surface area (Å²) in [7, 11) is -3.70. The average molecular weight is 448 g/mol. The van der Waals surface area contributed by atoms with Crippen LogP contribution in [-0.4, -0.2) is 20.5 Å². The highest BCUT2D eigenvalue weighted by Gasteiger charge is 2.13. The average Bonchev–Trinajstić information content (AvgIpc) is 2.72. The van der Waals surface area contributed by atoms with Gasteiger partial charge in [-0.25, -0.2) is 13.8 Å². The van der Waals surface area contributed by atoms with E-state index in [1.807, 2.05) is 0 Å². The molecule has 1 amide bonds. The summed E-state index contributed by atoms with van der Waals surface area (Å²) in [6, 6.07) is 19.0. The Morgan fingerprint density at radius 2 is 1.59 bits per heavy atom. The van der Waals surface area contributed by atoms with Crippen LogP contribution in [0.1, 0.15) is 15.9 Å². The lowest BCUT2D eigenvalue weighted by Crippen LogP contribution is -2.18. The van der Waals surface area contributed by atoms with Crippen molar-refractivity contribution in [3.8, 4) is 0 Å². The first-order valence-corrected chi connectivity index (χ1v) is 10.6. The van der Waals surface area contributed by atoms with E-state index in [1.165, 1.54) is 42.6 Å². The second kappa shape index (κ2) is 9.09. The standard InChI is InChI=1S/C20H15Cl2N3O3S/c21-18-8-4-5-15(19(18)22)13-23-24-20(26)14-9-11-16(12-10-14)25-29(27,28)17-6-2-1-3-7-17/h1-13,25H,(H,24,26). The third-order valence-corrected chi connectivity index (χ3v) is 6.03. The quantitative estimate of drug-likeness (QED) is 0.428. The highest BCUT2D eigenvalue weighted by molar-refractivity contribution is 7.92. The van der Waals surface area contributed by atoms with Crippen LogP contribution in [0.4, 0.5) is 5.69 Å². The lowest BCUT2D eigenvalue weighted by Gasteiger charge is -2.08. The molecule has 0 bridgehead atoms. The molecule has 0 saturated carbocycles. The highest BCUT2D eigenvalue weighted by atomic mass is 35.5. The second-order valence-corrected chi connectivity index (χ2v) is 8.31. The molecule has 0 saturated heterocycles. The maximum atomic E-state index is 12.3. The Balaban J connectivity index is 1.64. The van der Waals surface area contributed by atoms with Crippen LogP contribution in [-0.2, 0) is 10.0 Å². The van der Waals surface area contributed by atoms with Crippen LogP contribution in [0.25, 0.3) is 0 Å². The van der Waals surface area contributed by atoms with Crippen LogP contribution in [0.3, 0.4) is 0 Å². The molecule has 3 aromatic carbocycles. The molecule has 3 aromatic rings. The lowest BCUT2D eigenvalue weighted by atomic mass is 10.2. The van der Waals surface area contributed by atoms with Gasteiger partial charge in [0, 0.05) is 16.8 Å². The number of amides is 1. The number of rotatable bonds is 6. The summed E-state index contributed by atoms with van der Waals surface area (Å²) in [6.07, 6.45) is 1.38. The van der Waals surface area contributed by atoms with E-state index in [1.54, 1.807) is 36.4 Å². The van der Waals surface area contributed by atoms with E-state index in [2.05, 4.69) is 15.2 Å². The molecule has 0 fully saturated rings. The molecular formula is C20H15Cl2N3O3S. The molecule has 2 N–H and O–H groups in total. The Labute approximate surface area is 178 Å². The molecule has 0 spiro atoms. The fraction of sp³-hybridized carbons (Fsp3) is 0. The number of nitrogens with one attached hydrogen (secondary N) is 2. The van der Waals surface area contributed by atoms with Gasteiger partial charge in [0.1, 0.15) is 0 Å². The first kappa shape index (κ1) is 20.9. The van der Waals surface area contributed by atoms with E-state index in [0.29, 0.717) is 26.9 Å². The van der Waals surface area contributed by atoms with E-state index in [0.717, 1.165) is 0 Å². The third-order valence-electron chi connectivity index (χ3n) is 3.80. The van der Waals surface area contributed by atoms with E-state index < -0.39 is 15.9 Å². The Kier molecular flexibility index (Phi) is 6.53. The predicted molar refractivity (Wildman–Crippen MR) is 115 cm³/mol. The summed E-state index contributed by atoms with van der Waals surface area (Å²) in [4.78, 5) is 12.3. The van der Waals surface area contributed by atoms with E-state index >= 15 is 0 Å². The molecule has 0 heterocycles. The summed E-state index contributed by atoms with van der Waals surface area (Å²) in [5, 5.41) is 4.58. The number of sulfonamides is 1. The third kappa shape index (κ3) is 5.35. The minimum atomic E-state index is -3.70. The van der Waals surface area contributed by atoms with Gasteiger partial charge in [-0.1, -0.05) is 53.5 Å². The predicted octanol–water partition coefficient (Wildman–Crippen LogP) is 4.56. The molecule has 0 radical (unpaired) electrons. The van der Waals surface area contributed by atoms with Gasteiger partial charge in [0.25, 0.3) is 15.9 Å². The van der Waals surface area contributed by atoms with Gasteiger partial charge in [-0.2, -0.15) is 5.10 Å². The molecule has 0 aliphatic heterocycles. The van der Waals surface area contributed by atoms with E-state index in [9.17, 15) is 13.2 Å². The summed E-state index contributed by atoms with van der Waals surface area (Å²) in [5.41, 5.74) is 3.58. The van der Waals surface area contributed by atoms with Crippen molar-refractivity contribution in [2.45, 2.75) is 4.90 Å². The zero-order chi connectivity index (χ0) is 20.9. The monoisotopic (exact) mass is 447 g/mol. The van der Waals surface area contributed by atoms with Crippen molar-refractivity contribution in [1.82, 2.24) is 5.43 Å². The summed E-state index contributed by atoms with van der Waals surface area (Å²) in [5.74, 6) is -0.461. The van der Waals surface area contributed by atoms with Gasteiger partial charge in [-0.15, -0.1) is 0 Å². The number of nitrogens with zero attached hydrogens (tertiary/aromatic N) is 1. The molecule has 3 rings (SSSR count). The van der Waals surface area contributed by atoms with Crippen LogP contribution in [0.5, 0.6) is 0 Å². The Bertz CT molecular complexity index is 1150. The normalized spacial score (nSPS) is 11.4. The van der Waals surface area contributed by atoms with Gasteiger partial charge in [0.05, 0.1) is 21.2 Å². The number of halogens is 2. The van der Waals surface area contributed by atoms with Crippen molar-refractivity contribution in [1.29, 1.82) is 0 Å². The summed E-state index contributed by atoms with van der Waals surface area (Å²) < 4.78 is 27.1. The number of hydrazone groups is 1. The topological polar surface area (TPSA) is 87.6 Å². The molecule has 0 unspecified atom stereocenters. The van der Waals surface area contributed by atoms with Crippen molar-refractivity contribution in [2.75, 3.05) is 4.72 Å². The van der Waals surface area contributed by atoms with Crippen molar-refractivity contribution in [3.63, 3.8) is 0 Å². The van der Waals surface area contributed by atoms with Crippen molar-refractivity contribution in [2.24, 2.45) is 5.10 Å².